The number of hydrogen-bond acceptors (Lipinski definition) is 1. The van der Waals surface area contributed by atoms with E-state index in [1.54, 1.807) is 0 Å². The molecular formula is C15H24FN. The van der Waals surface area contributed by atoms with Gasteiger partial charge >= 0.3 is 0 Å². The Hall–Kier alpha value is -0.890. The molecule has 1 rings (SSSR count). The zero-order valence-corrected chi connectivity index (χ0v) is 11.5. The van der Waals surface area contributed by atoms with Gasteiger partial charge in [-0.1, -0.05) is 39.8 Å². The molecule has 2 heteroatoms. The monoisotopic (exact) mass is 237 g/mol. The summed E-state index contributed by atoms with van der Waals surface area (Å²) in [7, 11) is 0. The van der Waals surface area contributed by atoms with Crippen LogP contribution in [0.1, 0.15) is 46.2 Å². The van der Waals surface area contributed by atoms with Crippen LogP contribution >= 0.6 is 0 Å². The summed E-state index contributed by atoms with van der Waals surface area (Å²) in [5.74, 6) is 0.909. The second-order valence-corrected chi connectivity index (χ2v) is 5.47. The minimum atomic E-state index is -0.173. The quantitative estimate of drug-likeness (QED) is 0.811. The van der Waals surface area contributed by atoms with Crippen LogP contribution in [0.3, 0.4) is 0 Å². The summed E-state index contributed by atoms with van der Waals surface area (Å²) >= 11 is 0. The smallest absolute Gasteiger partial charge is 0.123 e. The summed E-state index contributed by atoms with van der Waals surface area (Å²) in [6.45, 7) is 11.0. The number of benzene rings is 1. The lowest BCUT2D eigenvalue weighted by atomic mass is 9.93. The number of hydrogen-bond donors (Lipinski definition) is 1. The Bertz CT molecular complexity index is 329. The van der Waals surface area contributed by atoms with E-state index in [4.69, 9.17) is 0 Å². The number of rotatable bonds is 5. The number of halogens is 1. The molecule has 0 amide bonds. The van der Waals surface area contributed by atoms with Gasteiger partial charge in [0.2, 0.25) is 0 Å². The van der Waals surface area contributed by atoms with E-state index in [0.29, 0.717) is 17.9 Å². The first kappa shape index (κ1) is 14.2. The predicted octanol–water partition coefficient (Wildman–Crippen LogP) is 4.16. The minimum Gasteiger partial charge on any atom is -0.307 e. The van der Waals surface area contributed by atoms with Crippen LogP contribution in [-0.4, -0.2) is 6.04 Å². The van der Waals surface area contributed by atoms with Crippen LogP contribution < -0.4 is 5.32 Å². The molecule has 0 aliphatic heterocycles. The lowest BCUT2D eigenvalue weighted by molar-refractivity contribution is 0.324. The zero-order valence-electron chi connectivity index (χ0n) is 11.5. The van der Waals surface area contributed by atoms with Gasteiger partial charge in [-0.3, -0.25) is 0 Å². The van der Waals surface area contributed by atoms with Crippen molar-refractivity contribution in [3.63, 3.8) is 0 Å². The van der Waals surface area contributed by atoms with Crippen molar-refractivity contribution in [3.05, 3.63) is 35.6 Å². The van der Waals surface area contributed by atoms with Gasteiger partial charge in [0.15, 0.2) is 0 Å². The van der Waals surface area contributed by atoms with Crippen LogP contribution in [0.4, 0.5) is 4.39 Å². The highest BCUT2D eigenvalue weighted by Crippen LogP contribution is 2.23. The van der Waals surface area contributed by atoms with E-state index in [9.17, 15) is 4.39 Å². The van der Waals surface area contributed by atoms with Crippen molar-refractivity contribution in [1.82, 2.24) is 5.32 Å². The fraction of sp³-hybridized carbons (Fsp3) is 0.600. The molecule has 1 N–H and O–H groups in total. The van der Waals surface area contributed by atoms with Gasteiger partial charge in [0, 0.05) is 12.1 Å². The molecule has 0 heterocycles. The Morgan fingerprint density at radius 3 is 1.82 bits per heavy atom. The van der Waals surface area contributed by atoms with Crippen LogP contribution in [0, 0.1) is 17.7 Å². The van der Waals surface area contributed by atoms with Gasteiger partial charge in [-0.15, -0.1) is 0 Å². The Labute approximate surface area is 104 Å². The summed E-state index contributed by atoms with van der Waals surface area (Å²) in [6, 6.07) is 7.55. The van der Waals surface area contributed by atoms with Gasteiger partial charge in [0.05, 0.1) is 0 Å². The van der Waals surface area contributed by atoms with E-state index in [1.807, 2.05) is 12.1 Å². The predicted molar refractivity (Wildman–Crippen MR) is 71.4 cm³/mol. The van der Waals surface area contributed by atoms with E-state index in [-0.39, 0.29) is 11.9 Å². The van der Waals surface area contributed by atoms with E-state index >= 15 is 0 Å². The first-order valence-electron chi connectivity index (χ1n) is 6.43. The van der Waals surface area contributed by atoms with Crippen molar-refractivity contribution < 1.29 is 4.39 Å². The van der Waals surface area contributed by atoms with Crippen molar-refractivity contribution in [2.24, 2.45) is 11.8 Å². The molecule has 96 valence electrons. The molecular weight excluding hydrogens is 213 g/mol. The largest absolute Gasteiger partial charge is 0.307 e. The summed E-state index contributed by atoms with van der Waals surface area (Å²) in [5.41, 5.74) is 1.16. The van der Waals surface area contributed by atoms with E-state index in [1.165, 1.54) is 12.1 Å². The Morgan fingerprint density at radius 2 is 1.41 bits per heavy atom. The van der Waals surface area contributed by atoms with E-state index < -0.39 is 0 Å². The maximum absolute atomic E-state index is 12.9. The molecule has 0 saturated carbocycles. The molecule has 0 bridgehead atoms. The lowest BCUT2D eigenvalue weighted by Gasteiger charge is -2.29. The van der Waals surface area contributed by atoms with Crippen molar-refractivity contribution in [2.45, 2.75) is 46.7 Å². The van der Waals surface area contributed by atoms with Crippen LogP contribution in [0.15, 0.2) is 24.3 Å². The SMILES string of the molecule is CC(C)C(C)NC(c1ccc(F)cc1)C(C)C. The normalized spacial score (nSPS) is 15.3. The second kappa shape index (κ2) is 6.15. The molecule has 0 spiro atoms. The Kier molecular flexibility index (Phi) is 5.13. The van der Waals surface area contributed by atoms with Gasteiger partial charge in [0.25, 0.3) is 0 Å². The van der Waals surface area contributed by atoms with Gasteiger partial charge in [-0.25, -0.2) is 4.39 Å². The molecule has 1 aromatic rings. The average molecular weight is 237 g/mol. The summed E-state index contributed by atoms with van der Waals surface area (Å²) in [4.78, 5) is 0. The third kappa shape index (κ3) is 4.12. The summed E-state index contributed by atoms with van der Waals surface area (Å²) in [5, 5.41) is 3.63. The maximum Gasteiger partial charge on any atom is 0.123 e. The van der Waals surface area contributed by atoms with Crippen molar-refractivity contribution in [1.29, 1.82) is 0 Å². The molecule has 1 nitrogen and oxygen atoms in total. The molecule has 0 aromatic heterocycles. The van der Waals surface area contributed by atoms with Crippen molar-refractivity contribution in [3.8, 4) is 0 Å². The van der Waals surface area contributed by atoms with Crippen LogP contribution in [0.25, 0.3) is 0 Å². The van der Waals surface area contributed by atoms with E-state index in [2.05, 4.69) is 39.9 Å². The van der Waals surface area contributed by atoms with Crippen LogP contribution in [0.2, 0.25) is 0 Å². The topological polar surface area (TPSA) is 12.0 Å². The highest BCUT2D eigenvalue weighted by molar-refractivity contribution is 5.20. The molecule has 2 unspecified atom stereocenters. The zero-order chi connectivity index (χ0) is 13.0. The minimum absolute atomic E-state index is 0.173. The molecule has 0 fully saturated rings. The van der Waals surface area contributed by atoms with Crippen molar-refractivity contribution in [2.75, 3.05) is 0 Å². The molecule has 17 heavy (non-hydrogen) atoms. The second-order valence-electron chi connectivity index (χ2n) is 5.47. The first-order chi connectivity index (χ1) is 7.91. The van der Waals surface area contributed by atoms with Gasteiger partial charge in [-0.2, -0.15) is 0 Å². The highest BCUT2D eigenvalue weighted by atomic mass is 19.1. The maximum atomic E-state index is 12.9. The first-order valence-corrected chi connectivity index (χ1v) is 6.43. The molecule has 0 aliphatic carbocycles. The third-order valence-corrected chi connectivity index (χ3v) is 3.34. The fourth-order valence-electron chi connectivity index (χ4n) is 1.82. The fourth-order valence-corrected chi connectivity index (χ4v) is 1.82. The van der Waals surface area contributed by atoms with Crippen LogP contribution in [0.5, 0.6) is 0 Å². The molecule has 0 aliphatic rings. The van der Waals surface area contributed by atoms with Gasteiger partial charge < -0.3 is 5.32 Å². The molecule has 1 aromatic carbocycles. The average Bonchev–Trinajstić information content (AvgIpc) is 2.26. The summed E-state index contributed by atoms with van der Waals surface area (Å²) in [6.07, 6.45) is 0. The van der Waals surface area contributed by atoms with Gasteiger partial charge in [-0.05, 0) is 36.5 Å². The summed E-state index contributed by atoms with van der Waals surface area (Å²) < 4.78 is 12.9. The standard InChI is InChI=1S/C15H24FN/c1-10(2)12(5)17-15(11(3)4)13-6-8-14(16)9-7-13/h6-12,15,17H,1-5H3. The van der Waals surface area contributed by atoms with Crippen LogP contribution in [-0.2, 0) is 0 Å². The molecule has 0 saturated heterocycles. The third-order valence-electron chi connectivity index (χ3n) is 3.34. The molecule has 0 radical (unpaired) electrons. The van der Waals surface area contributed by atoms with Crippen molar-refractivity contribution >= 4 is 0 Å². The van der Waals surface area contributed by atoms with E-state index in [0.717, 1.165) is 5.56 Å². The van der Waals surface area contributed by atoms with Gasteiger partial charge in [0.1, 0.15) is 5.82 Å². The Balaban J connectivity index is 2.82. The number of nitrogens with one attached hydrogen (secondary N) is 1. The highest BCUT2D eigenvalue weighted by Gasteiger charge is 2.19. The Morgan fingerprint density at radius 1 is 0.882 bits per heavy atom. The lowest BCUT2D eigenvalue weighted by Crippen LogP contribution is -2.36. The molecule has 2 atom stereocenters.